The zero-order chi connectivity index (χ0) is 5.70. The molecule has 0 aromatic carbocycles. The van der Waals surface area contributed by atoms with Crippen molar-refractivity contribution in [3.8, 4) is 0 Å². The molecule has 0 aliphatic rings. The van der Waals surface area contributed by atoms with Gasteiger partial charge in [0.1, 0.15) is 6.29 Å². The number of carbonyl (C=O) groups excluding carboxylic acids is 1. The van der Waals surface area contributed by atoms with E-state index in [0.717, 1.165) is 6.29 Å². The molecule has 0 bridgehead atoms. The lowest BCUT2D eigenvalue weighted by Gasteiger charge is -1.86. The first kappa shape index (κ1) is 6.41. The SMILES string of the molecule is C/C=C/C(C)C=O. The Kier molecular flexibility index (Phi) is 3.29. The van der Waals surface area contributed by atoms with Crippen molar-refractivity contribution in [3.05, 3.63) is 12.2 Å². The minimum Gasteiger partial charge on any atom is -0.303 e. The quantitative estimate of drug-likeness (QED) is 0.377. The summed E-state index contributed by atoms with van der Waals surface area (Å²) in [5.41, 5.74) is 0. The molecule has 0 aromatic rings. The molecule has 0 saturated carbocycles. The molecule has 7 heavy (non-hydrogen) atoms. The Hall–Kier alpha value is -0.590. The first-order chi connectivity index (χ1) is 3.31. The van der Waals surface area contributed by atoms with Crippen LogP contribution in [0, 0.1) is 5.92 Å². The Balaban J connectivity index is 3.35. The molecule has 0 heterocycles. The molecular weight excluding hydrogens is 88.1 g/mol. The van der Waals surface area contributed by atoms with Crippen LogP contribution in [0.1, 0.15) is 13.8 Å². The lowest BCUT2D eigenvalue weighted by Crippen LogP contribution is -1.86. The van der Waals surface area contributed by atoms with Gasteiger partial charge in [-0.2, -0.15) is 0 Å². The van der Waals surface area contributed by atoms with E-state index in [4.69, 9.17) is 0 Å². The van der Waals surface area contributed by atoms with Crippen LogP contribution >= 0.6 is 0 Å². The van der Waals surface area contributed by atoms with Gasteiger partial charge in [-0.1, -0.05) is 19.1 Å². The first-order valence-corrected chi connectivity index (χ1v) is 2.39. The van der Waals surface area contributed by atoms with Gasteiger partial charge >= 0.3 is 0 Å². The molecule has 1 unspecified atom stereocenters. The largest absolute Gasteiger partial charge is 0.303 e. The van der Waals surface area contributed by atoms with Gasteiger partial charge in [-0.05, 0) is 6.92 Å². The highest BCUT2D eigenvalue weighted by Crippen LogP contribution is 1.88. The lowest BCUT2D eigenvalue weighted by molar-refractivity contribution is -0.109. The van der Waals surface area contributed by atoms with Crippen LogP contribution in [0.4, 0.5) is 0 Å². The van der Waals surface area contributed by atoms with Gasteiger partial charge in [0, 0.05) is 5.92 Å². The van der Waals surface area contributed by atoms with Crippen LogP contribution in [-0.2, 0) is 4.79 Å². The summed E-state index contributed by atoms with van der Waals surface area (Å²) in [6.45, 7) is 3.76. The van der Waals surface area contributed by atoms with Gasteiger partial charge in [0.2, 0.25) is 0 Å². The van der Waals surface area contributed by atoms with Crippen LogP contribution in [0.5, 0.6) is 0 Å². The van der Waals surface area contributed by atoms with Crippen LogP contribution in [0.2, 0.25) is 0 Å². The predicted molar refractivity (Wildman–Crippen MR) is 30.0 cm³/mol. The fraction of sp³-hybridized carbons (Fsp3) is 0.500. The minimum atomic E-state index is 0.0880. The van der Waals surface area contributed by atoms with Crippen LogP contribution in [-0.4, -0.2) is 6.29 Å². The molecule has 0 N–H and O–H groups in total. The van der Waals surface area contributed by atoms with E-state index in [0.29, 0.717) is 0 Å². The van der Waals surface area contributed by atoms with Crippen molar-refractivity contribution in [1.29, 1.82) is 0 Å². The van der Waals surface area contributed by atoms with Gasteiger partial charge in [0.15, 0.2) is 0 Å². The third-order valence-corrected chi connectivity index (χ3v) is 0.711. The standard InChI is InChI=1S/C6H10O/c1-3-4-6(2)5-7/h3-6H,1-2H3/b4-3+. The van der Waals surface area contributed by atoms with Crippen LogP contribution < -0.4 is 0 Å². The molecule has 1 atom stereocenters. The molecule has 1 heteroatoms. The highest BCUT2D eigenvalue weighted by molar-refractivity contribution is 5.55. The molecule has 0 saturated heterocycles. The molecule has 0 spiro atoms. The topological polar surface area (TPSA) is 17.1 Å². The molecule has 40 valence electrons. The van der Waals surface area contributed by atoms with Gasteiger partial charge < -0.3 is 4.79 Å². The van der Waals surface area contributed by atoms with E-state index in [1.54, 1.807) is 0 Å². The average molecular weight is 98.1 g/mol. The van der Waals surface area contributed by atoms with Crippen LogP contribution in [0.25, 0.3) is 0 Å². The Labute approximate surface area is 44.0 Å². The summed E-state index contributed by atoms with van der Waals surface area (Å²) in [6, 6.07) is 0. The Bertz CT molecular complexity index is 74.2. The molecule has 0 aromatic heterocycles. The van der Waals surface area contributed by atoms with E-state index in [-0.39, 0.29) is 5.92 Å². The number of allylic oxidation sites excluding steroid dienone is 2. The smallest absolute Gasteiger partial charge is 0.126 e. The van der Waals surface area contributed by atoms with Crippen molar-refractivity contribution in [3.63, 3.8) is 0 Å². The summed E-state index contributed by atoms with van der Waals surface area (Å²) >= 11 is 0. The molecular formula is C6H10O. The molecule has 0 aliphatic carbocycles. The van der Waals surface area contributed by atoms with E-state index in [2.05, 4.69) is 0 Å². The van der Waals surface area contributed by atoms with Crippen molar-refractivity contribution in [2.45, 2.75) is 13.8 Å². The van der Waals surface area contributed by atoms with Gasteiger partial charge in [-0.15, -0.1) is 0 Å². The number of carbonyl (C=O) groups is 1. The minimum absolute atomic E-state index is 0.0880. The zero-order valence-electron chi connectivity index (χ0n) is 4.72. The van der Waals surface area contributed by atoms with Gasteiger partial charge in [0.05, 0.1) is 0 Å². The van der Waals surface area contributed by atoms with E-state index >= 15 is 0 Å². The van der Waals surface area contributed by atoms with Gasteiger partial charge in [-0.3, -0.25) is 0 Å². The highest BCUT2D eigenvalue weighted by Gasteiger charge is 1.86. The fourth-order valence-electron chi connectivity index (χ4n) is 0.349. The second-order valence-corrected chi connectivity index (χ2v) is 1.52. The average Bonchev–Trinajstić information content (AvgIpc) is 1.68. The Morgan fingerprint density at radius 3 is 2.29 bits per heavy atom. The molecule has 0 fully saturated rings. The van der Waals surface area contributed by atoms with E-state index in [1.165, 1.54) is 0 Å². The Morgan fingerprint density at radius 2 is 2.14 bits per heavy atom. The van der Waals surface area contributed by atoms with E-state index < -0.39 is 0 Å². The van der Waals surface area contributed by atoms with Gasteiger partial charge in [0.25, 0.3) is 0 Å². The maximum absolute atomic E-state index is 9.84. The van der Waals surface area contributed by atoms with Crippen molar-refractivity contribution in [2.75, 3.05) is 0 Å². The second-order valence-electron chi connectivity index (χ2n) is 1.52. The first-order valence-electron chi connectivity index (χ1n) is 2.39. The van der Waals surface area contributed by atoms with Crippen molar-refractivity contribution in [1.82, 2.24) is 0 Å². The maximum atomic E-state index is 9.84. The lowest BCUT2D eigenvalue weighted by atomic mass is 10.2. The van der Waals surface area contributed by atoms with Crippen LogP contribution in [0.15, 0.2) is 12.2 Å². The molecule has 0 rings (SSSR count). The summed E-state index contributed by atoms with van der Waals surface area (Å²) in [6.07, 6.45) is 4.64. The summed E-state index contributed by atoms with van der Waals surface area (Å²) in [5, 5.41) is 0. The van der Waals surface area contributed by atoms with Crippen molar-refractivity contribution < 1.29 is 4.79 Å². The predicted octanol–water partition coefficient (Wildman–Crippen LogP) is 1.40. The van der Waals surface area contributed by atoms with Gasteiger partial charge in [-0.25, -0.2) is 0 Å². The summed E-state index contributed by atoms with van der Waals surface area (Å²) in [4.78, 5) is 9.84. The van der Waals surface area contributed by atoms with Crippen molar-refractivity contribution >= 4 is 6.29 Å². The number of rotatable bonds is 2. The third-order valence-electron chi connectivity index (χ3n) is 0.711. The number of hydrogen-bond acceptors (Lipinski definition) is 1. The molecule has 0 amide bonds. The molecule has 1 nitrogen and oxygen atoms in total. The maximum Gasteiger partial charge on any atom is 0.126 e. The zero-order valence-corrected chi connectivity index (χ0v) is 4.72. The highest BCUT2D eigenvalue weighted by atomic mass is 16.1. The number of aldehydes is 1. The summed E-state index contributed by atoms with van der Waals surface area (Å²) in [7, 11) is 0. The monoisotopic (exact) mass is 98.1 g/mol. The van der Waals surface area contributed by atoms with E-state index in [9.17, 15) is 4.79 Å². The Morgan fingerprint density at radius 1 is 1.57 bits per heavy atom. The molecule has 0 radical (unpaired) electrons. The fourth-order valence-corrected chi connectivity index (χ4v) is 0.349. The normalized spacial score (nSPS) is 14.6. The summed E-state index contributed by atoms with van der Waals surface area (Å²) in [5.74, 6) is 0.0880. The number of hydrogen-bond donors (Lipinski definition) is 0. The van der Waals surface area contributed by atoms with E-state index in [1.807, 2.05) is 26.0 Å². The molecule has 0 aliphatic heterocycles. The van der Waals surface area contributed by atoms with Crippen LogP contribution in [0.3, 0.4) is 0 Å². The summed E-state index contributed by atoms with van der Waals surface area (Å²) < 4.78 is 0. The second kappa shape index (κ2) is 3.59. The van der Waals surface area contributed by atoms with Crippen molar-refractivity contribution in [2.24, 2.45) is 5.92 Å². The third kappa shape index (κ3) is 3.23.